The Labute approximate surface area is 144 Å². The Bertz CT molecular complexity index is 836. The minimum Gasteiger partial charge on any atom is -0.507 e. The first kappa shape index (κ1) is 17.6. The second-order valence-corrected chi connectivity index (χ2v) is 6.38. The standard InChI is InChI=1S/C17H16ClN3O3/c1-17(2,3)24-21-15(16-13(22)5-4-6-20-16)11-8-12(18)10(9-19)7-14(11)23/h4-8,22-23H,1-3H3. The molecule has 2 aromatic rings. The summed E-state index contributed by atoms with van der Waals surface area (Å²) in [5, 5.41) is 33.5. The van der Waals surface area contributed by atoms with E-state index in [2.05, 4.69) is 10.1 Å². The van der Waals surface area contributed by atoms with Crippen molar-refractivity contribution in [1.82, 2.24) is 4.98 Å². The monoisotopic (exact) mass is 345 g/mol. The fourth-order valence-corrected chi connectivity index (χ4v) is 2.02. The molecule has 1 heterocycles. The van der Waals surface area contributed by atoms with Gasteiger partial charge in [-0.1, -0.05) is 16.8 Å². The molecule has 7 heteroatoms. The molecule has 0 spiro atoms. The summed E-state index contributed by atoms with van der Waals surface area (Å²) in [7, 11) is 0. The third kappa shape index (κ3) is 3.94. The van der Waals surface area contributed by atoms with Crippen LogP contribution in [0.4, 0.5) is 0 Å². The van der Waals surface area contributed by atoms with E-state index >= 15 is 0 Å². The minimum atomic E-state index is -0.596. The Hall–Kier alpha value is -2.78. The maximum Gasteiger partial charge on any atom is 0.143 e. The third-order valence-electron chi connectivity index (χ3n) is 2.88. The predicted octanol–water partition coefficient (Wildman–Crippen LogP) is 3.59. The van der Waals surface area contributed by atoms with Crippen molar-refractivity contribution in [3.63, 3.8) is 0 Å². The van der Waals surface area contributed by atoms with Crippen LogP contribution in [0.2, 0.25) is 5.02 Å². The zero-order valence-corrected chi connectivity index (χ0v) is 14.2. The van der Waals surface area contributed by atoms with Crippen molar-refractivity contribution in [1.29, 1.82) is 5.26 Å². The minimum absolute atomic E-state index is 0.104. The summed E-state index contributed by atoms with van der Waals surface area (Å²) >= 11 is 6.05. The molecule has 24 heavy (non-hydrogen) atoms. The number of nitriles is 1. The van der Waals surface area contributed by atoms with Gasteiger partial charge in [0.2, 0.25) is 0 Å². The topological polar surface area (TPSA) is 98.7 Å². The number of aromatic nitrogens is 1. The van der Waals surface area contributed by atoms with Gasteiger partial charge in [0, 0.05) is 11.8 Å². The number of hydrogen-bond acceptors (Lipinski definition) is 6. The van der Waals surface area contributed by atoms with Crippen molar-refractivity contribution in [3.8, 4) is 17.6 Å². The molecule has 6 nitrogen and oxygen atoms in total. The lowest BCUT2D eigenvalue weighted by Gasteiger charge is -2.18. The largest absolute Gasteiger partial charge is 0.507 e. The number of oxime groups is 1. The number of phenols is 1. The van der Waals surface area contributed by atoms with E-state index in [-0.39, 0.29) is 39.1 Å². The quantitative estimate of drug-likeness (QED) is 0.654. The number of aromatic hydroxyl groups is 2. The van der Waals surface area contributed by atoms with E-state index in [1.54, 1.807) is 26.8 Å². The second-order valence-electron chi connectivity index (χ2n) is 5.98. The fraction of sp³-hybridized carbons (Fsp3) is 0.235. The lowest BCUT2D eigenvalue weighted by atomic mass is 10.0. The SMILES string of the molecule is CC(C)(C)ON=C(c1cc(Cl)c(C#N)cc1O)c1ncccc1O. The number of hydrogen-bond donors (Lipinski definition) is 2. The molecule has 0 bridgehead atoms. The molecule has 1 aromatic heterocycles. The highest BCUT2D eigenvalue weighted by Gasteiger charge is 2.21. The van der Waals surface area contributed by atoms with Gasteiger partial charge in [-0.25, -0.2) is 0 Å². The molecule has 0 atom stereocenters. The average molecular weight is 346 g/mol. The van der Waals surface area contributed by atoms with Crippen LogP contribution < -0.4 is 0 Å². The van der Waals surface area contributed by atoms with Crippen LogP contribution in [0.15, 0.2) is 35.6 Å². The van der Waals surface area contributed by atoms with E-state index in [0.29, 0.717) is 0 Å². The summed E-state index contributed by atoms with van der Waals surface area (Å²) in [6, 6.07) is 7.50. The molecule has 0 aliphatic heterocycles. The van der Waals surface area contributed by atoms with Crippen LogP contribution in [0, 0.1) is 11.3 Å². The van der Waals surface area contributed by atoms with Crippen molar-refractivity contribution in [3.05, 3.63) is 52.3 Å². The number of benzene rings is 1. The van der Waals surface area contributed by atoms with Crippen molar-refractivity contribution in [2.24, 2.45) is 5.16 Å². The first-order chi connectivity index (χ1) is 11.2. The lowest BCUT2D eigenvalue weighted by molar-refractivity contribution is 0.00109. The smallest absolute Gasteiger partial charge is 0.143 e. The number of rotatable bonds is 3. The van der Waals surface area contributed by atoms with E-state index < -0.39 is 5.60 Å². The number of halogens is 1. The third-order valence-corrected chi connectivity index (χ3v) is 3.20. The molecule has 2 rings (SSSR count). The average Bonchev–Trinajstić information content (AvgIpc) is 2.50. The molecular weight excluding hydrogens is 330 g/mol. The van der Waals surface area contributed by atoms with Gasteiger partial charge in [0.05, 0.1) is 10.6 Å². The van der Waals surface area contributed by atoms with Crippen LogP contribution in [0.1, 0.15) is 37.6 Å². The molecule has 0 saturated heterocycles. The highest BCUT2D eigenvalue weighted by atomic mass is 35.5. The first-order valence-electron chi connectivity index (χ1n) is 7.06. The maximum atomic E-state index is 10.2. The van der Waals surface area contributed by atoms with E-state index in [1.807, 2.05) is 6.07 Å². The second kappa shape index (κ2) is 6.77. The van der Waals surface area contributed by atoms with Gasteiger partial charge in [0.1, 0.15) is 34.6 Å². The van der Waals surface area contributed by atoms with Gasteiger partial charge < -0.3 is 15.1 Å². The molecule has 1 aromatic carbocycles. The van der Waals surface area contributed by atoms with E-state index in [4.69, 9.17) is 21.7 Å². The predicted molar refractivity (Wildman–Crippen MR) is 90.2 cm³/mol. The van der Waals surface area contributed by atoms with Gasteiger partial charge >= 0.3 is 0 Å². The van der Waals surface area contributed by atoms with E-state index in [9.17, 15) is 10.2 Å². The molecule has 0 radical (unpaired) electrons. The zero-order valence-electron chi connectivity index (χ0n) is 13.4. The van der Waals surface area contributed by atoms with Crippen LogP contribution in [0.25, 0.3) is 0 Å². The summed E-state index contributed by atoms with van der Waals surface area (Å²) in [4.78, 5) is 9.51. The van der Waals surface area contributed by atoms with Crippen molar-refractivity contribution in [2.75, 3.05) is 0 Å². The van der Waals surface area contributed by atoms with Crippen LogP contribution in [-0.2, 0) is 4.84 Å². The molecule has 0 saturated carbocycles. The molecular formula is C17H16ClN3O3. The first-order valence-corrected chi connectivity index (χ1v) is 7.44. The highest BCUT2D eigenvalue weighted by molar-refractivity contribution is 6.32. The van der Waals surface area contributed by atoms with Gasteiger partial charge in [-0.05, 0) is 45.0 Å². The van der Waals surface area contributed by atoms with Crippen molar-refractivity contribution in [2.45, 2.75) is 26.4 Å². The van der Waals surface area contributed by atoms with Gasteiger partial charge in [-0.2, -0.15) is 5.26 Å². The van der Waals surface area contributed by atoms with E-state index in [0.717, 1.165) is 0 Å². The number of pyridine rings is 1. The Morgan fingerprint density at radius 3 is 2.58 bits per heavy atom. The van der Waals surface area contributed by atoms with E-state index in [1.165, 1.54) is 24.4 Å². The van der Waals surface area contributed by atoms with Crippen LogP contribution >= 0.6 is 11.6 Å². The van der Waals surface area contributed by atoms with Gasteiger partial charge in [0.15, 0.2) is 0 Å². The molecule has 0 aliphatic rings. The number of nitrogens with zero attached hydrogens (tertiary/aromatic N) is 3. The van der Waals surface area contributed by atoms with Gasteiger partial charge in [-0.3, -0.25) is 4.98 Å². The summed E-state index contributed by atoms with van der Waals surface area (Å²) in [6.07, 6.45) is 1.48. The van der Waals surface area contributed by atoms with Crippen LogP contribution in [-0.4, -0.2) is 26.5 Å². The zero-order chi connectivity index (χ0) is 17.9. The fourth-order valence-electron chi connectivity index (χ4n) is 1.82. The van der Waals surface area contributed by atoms with Gasteiger partial charge in [0.25, 0.3) is 0 Å². The van der Waals surface area contributed by atoms with Crippen LogP contribution in [0.5, 0.6) is 11.5 Å². The Kier molecular flexibility index (Phi) is 4.96. The molecule has 0 unspecified atom stereocenters. The molecule has 124 valence electrons. The summed E-state index contributed by atoms with van der Waals surface area (Å²) in [5.74, 6) is -0.356. The number of phenolic OH excluding ortho intramolecular Hbond substituents is 1. The summed E-state index contributed by atoms with van der Waals surface area (Å²) in [5.41, 5.74) is -0.0528. The van der Waals surface area contributed by atoms with Crippen LogP contribution in [0.3, 0.4) is 0 Å². The molecule has 0 aliphatic carbocycles. The Morgan fingerprint density at radius 2 is 2.00 bits per heavy atom. The van der Waals surface area contributed by atoms with Crippen molar-refractivity contribution < 1.29 is 15.1 Å². The lowest BCUT2D eigenvalue weighted by Crippen LogP contribution is -2.18. The Morgan fingerprint density at radius 1 is 1.29 bits per heavy atom. The molecule has 0 amide bonds. The summed E-state index contributed by atoms with van der Waals surface area (Å²) in [6.45, 7) is 5.41. The molecule has 0 fully saturated rings. The van der Waals surface area contributed by atoms with Gasteiger partial charge in [-0.15, -0.1) is 0 Å². The highest BCUT2D eigenvalue weighted by Crippen LogP contribution is 2.30. The normalized spacial score (nSPS) is 11.9. The summed E-state index contributed by atoms with van der Waals surface area (Å²) < 4.78 is 0. The Balaban J connectivity index is 2.66. The maximum absolute atomic E-state index is 10.2. The molecule has 2 N–H and O–H groups in total. The van der Waals surface area contributed by atoms with Crippen molar-refractivity contribution >= 4 is 17.3 Å².